The first-order chi connectivity index (χ1) is 12.4. The second-order valence-electron chi connectivity index (χ2n) is 5.67. The van der Waals surface area contributed by atoms with Gasteiger partial charge in [0.2, 0.25) is 5.91 Å². The van der Waals surface area contributed by atoms with Crippen molar-refractivity contribution in [2.45, 2.75) is 4.21 Å². The molecule has 1 fully saturated rings. The topological polar surface area (TPSA) is 57.7 Å². The Kier molecular flexibility index (Phi) is 6.04. The summed E-state index contributed by atoms with van der Waals surface area (Å²) in [5.41, 5.74) is 0.874. The quantitative estimate of drug-likeness (QED) is 0.696. The molecule has 5 nitrogen and oxygen atoms in total. The van der Waals surface area contributed by atoms with Gasteiger partial charge in [0.15, 0.2) is 0 Å². The summed E-state index contributed by atoms with van der Waals surface area (Å²) in [5, 5.41) is 0.637. The number of nitrogens with zero attached hydrogens (tertiary/aromatic N) is 2. The van der Waals surface area contributed by atoms with Crippen molar-refractivity contribution < 1.29 is 13.2 Å². The molecule has 1 aromatic carbocycles. The standard InChI is InChI=1S/C17H16Cl2N2O3S2/c18-14-4-1-13(2-5-14)3-7-16(22)20-9-11-21(12-10-20)26(23,24)17-8-6-15(19)25-17/h1-8H,9-12H2/b7-3+. The molecule has 1 amide bonds. The largest absolute Gasteiger partial charge is 0.337 e. The fraction of sp³-hybridized carbons (Fsp3) is 0.235. The van der Waals surface area contributed by atoms with Crippen molar-refractivity contribution in [3.8, 4) is 0 Å². The number of carbonyl (C=O) groups excluding carboxylic acids is 1. The minimum absolute atomic E-state index is 0.142. The number of hydrogen-bond acceptors (Lipinski definition) is 4. The molecule has 1 saturated heterocycles. The number of amides is 1. The molecule has 0 spiro atoms. The van der Waals surface area contributed by atoms with Crippen LogP contribution >= 0.6 is 34.5 Å². The Bertz CT molecular complexity index is 916. The van der Waals surface area contributed by atoms with Gasteiger partial charge in [-0.1, -0.05) is 35.3 Å². The average molecular weight is 431 g/mol. The van der Waals surface area contributed by atoms with Gasteiger partial charge in [-0.05, 0) is 35.9 Å². The van der Waals surface area contributed by atoms with Crippen molar-refractivity contribution in [3.63, 3.8) is 0 Å². The van der Waals surface area contributed by atoms with Crippen LogP contribution in [0.2, 0.25) is 9.36 Å². The molecule has 0 unspecified atom stereocenters. The first-order valence-corrected chi connectivity index (χ1v) is 10.9. The van der Waals surface area contributed by atoms with Crippen LogP contribution in [0.5, 0.6) is 0 Å². The zero-order chi connectivity index (χ0) is 18.7. The van der Waals surface area contributed by atoms with E-state index in [0.717, 1.165) is 16.9 Å². The third-order valence-electron chi connectivity index (χ3n) is 3.98. The van der Waals surface area contributed by atoms with Gasteiger partial charge < -0.3 is 4.90 Å². The van der Waals surface area contributed by atoms with E-state index in [2.05, 4.69) is 0 Å². The zero-order valence-corrected chi connectivity index (χ0v) is 16.8. The van der Waals surface area contributed by atoms with Crippen molar-refractivity contribution in [3.05, 3.63) is 57.4 Å². The lowest BCUT2D eigenvalue weighted by Gasteiger charge is -2.33. The van der Waals surface area contributed by atoms with E-state index >= 15 is 0 Å². The number of piperazine rings is 1. The molecule has 9 heteroatoms. The van der Waals surface area contributed by atoms with Crippen LogP contribution in [-0.4, -0.2) is 49.7 Å². The minimum atomic E-state index is -3.55. The fourth-order valence-electron chi connectivity index (χ4n) is 2.56. The second-order valence-corrected chi connectivity index (χ2v) is 9.99. The number of benzene rings is 1. The molecule has 1 aliphatic heterocycles. The van der Waals surface area contributed by atoms with Gasteiger partial charge in [-0.15, -0.1) is 11.3 Å². The molecule has 2 aromatic rings. The Morgan fingerprint density at radius 2 is 1.65 bits per heavy atom. The molecule has 1 aliphatic rings. The highest BCUT2D eigenvalue weighted by atomic mass is 35.5. The maximum Gasteiger partial charge on any atom is 0.252 e. The number of rotatable bonds is 4. The molecule has 0 aliphatic carbocycles. The maximum absolute atomic E-state index is 12.6. The predicted octanol–water partition coefficient (Wildman–Crippen LogP) is 3.60. The maximum atomic E-state index is 12.6. The van der Waals surface area contributed by atoms with Crippen molar-refractivity contribution in [2.75, 3.05) is 26.2 Å². The highest BCUT2D eigenvalue weighted by Crippen LogP contribution is 2.28. The lowest BCUT2D eigenvalue weighted by Crippen LogP contribution is -2.50. The average Bonchev–Trinajstić information content (AvgIpc) is 3.08. The van der Waals surface area contributed by atoms with Crippen LogP contribution in [0.3, 0.4) is 0 Å². The van der Waals surface area contributed by atoms with E-state index in [1.165, 1.54) is 16.4 Å². The van der Waals surface area contributed by atoms with Crippen LogP contribution in [0.1, 0.15) is 5.56 Å². The molecule has 2 heterocycles. The first-order valence-electron chi connectivity index (χ1n) is 7.84. The normalized spacial score (nSPS) is 16.3. The molecule has 0 saturated carbocycles. The number of carbonyl (C=O) groups is 1. The summed E-state index contributed by atoms with van der Waals surface area (Å²) in [5.74, 6) is -0.142. The summed E-state index contributed by atoms with van der Waals surface area (Å²) in [6, 6.07) is 10.2. The Morgan fingerprint density at radius 3 is 2.23 bits per heavy atom. The van der Waals surface area contributed by atoms with E-state index in [-0.39, 0.29) is 23.2 Å². The molecule has 0 radical (unpaired) electrons. The van der Waals surface area contributed by atoms with Gasteiger partial charge in [-0.25, -0.2) is 8.42 Å². The van der Waals surface area contributed by atoms with Gasteiger partial charge in [0.25, 0.3) is 10.0 Å². The van der Waals surface area contributed by atoms with Gasteiger partial charge in [0.05, 0.1) is 4.34 Å². The molecule has 1 aromatic heterocycles. The minimum Gasteiger partial charge on any atom is -0.337 e. The van der Waals surface area contributed by atoms with E-state index in [1.807, 2.05) is 12.1 Å². The van der Waals surface area contributed by atoms with Crippen molar-refractivity contribution in [2.24, 2.45) is 0 Å². The summed E-state index contributed by atoms with van der Waals surface area (Å²) in [6.07, 6.45) is 3.21. The van der Waals surface area contributed by atoms with Crippen molar-refractivity contribution in [1.29, 1.82) is 0 Å². The van der Waals surface area contributed by atoms with Crippen LogP contribution in [-0.2, 0) is 14.8 Å². The first kappa shape index (κ1) is 19.4. The highest BCUT2D eigenvalue weighted by molar-refractivity contribution is 7.91. The molecule has 0 atom stereocenters. The van der Waals surface area contributed by atoms with Crippen molar-refractivity contribution in [1.82, 2.24) is 9.21 Å². The molecule has 26 heavy (non-hydrogen) atoms. The van der Waals surface area contributed by atoms with E-state index in [4.69, 9.17) is 23.2 Å². The van der Waals surface area contributed by atoms with Gasteiger partial charge in [-0.2, -0.15) is 4.31 Å². The van der Waals surface area contributed by atoms with E-state index in [0.29, 0.717) is 22.4 Å². The Hall–Kier alpha value is -1.38. The predicted molar refractivity (Wildman–Crippen MR) is 105 cm³/mol. The molecule has 0 N–H and O–H groups in total. The third kappa shape index (κ3) is 4.47. The van der Waals surface area contributed by atoms with Gasteiger partial charge >= 0.3 is 0 Å². The second kappa shape index (κ2) is 8.10. The lowest BCUT2D eigenvalue weighted by molar-refractivity contribution is -0.127. The third-order valence-corrected chi connectivity index (χ3v) is 7.83. The van der Waals surface area contributed by atoms with E-state index < -0.39 is 10.0 Å². The van der Waals surface area contributed by atoms with Crippen molar-refractivity contribution >= 4 is 56.5 Å². The van der Waals surface area contributed by atoms with Crippen LogP contribution in [0.15, 0.2) is 46.7 Å². The van der Waals surface area contributed by atoms with Gasteiger partial charge in [0.1, 0.15) is 4.21 Å². The fourth-order valence-corrected chi connectivity index (χ4v) is 5.74. The molecule has 3 rings (SSSR count). The Balaban J connectivity index is 1.59. The molecule has 138 valence electrons. The summed E-state index contributed by atoms with van der Waals surface area (Å²) in [4.78, 5) is 13.9. The lowest BCUT2D eigenvalue weighted by atomic mass is 10.2. The van der Waals surface area contributed by atoms with Crippen LogP contribution < -0.4 is 0 Å². The smallest absolute Gasteiger partial charge is 0.252 e. The van der Waals surface area contributed by atoms with E-state index in [1.54, 1.807) is 29.2 Å². The monoisotopic (exact) mass is 430 g/mol. The number of hydrogen-bond donors (Lipinski definition) is 0. The number of sulfonamides is 1. The summed E-state index contributed by atoms with van der Waals surface area (Å²) in [7, 11) is -3.55. The Labute approximate surface area is 166 Å². The number of thiophene rings is 1. The van der Waals surface area contributed by atoms with Gasteiger partial charge in [0, 0.05) is 37.3 Å². The molecular formula is C17H16Cl2N2O3S2. The SMILES string of the molecule is O=C(/C=C/c1ccc(Cl)cc1)N1CCN(S(=O)(=O)c2ccc(Cl)s2)CC1. The summed E-state index contributed by atoms with van der Waals surface area (Å²) < 4.78 is 27.2. The Morgan fingerprint density at radius 1 is 1.00 bits per heavy atom. The number of halogens is 2. The molecular weight excluding hydrogens is 415 g/mol. The van der Waals surface area contributed by atoms with Crippen LogP contribution in [0.4, 0.5) is 0 Å². The van der Waals surface area contributed by atoms with Crippen LogP contribution in [0.25, 0.3) is 6.08 Å². The highest BCUT2D eigenvalue weighted by Gasteiger charge is 2.30. The zero-order valence-electron chi connectivity index (χ0n) is 13.6. The summed E-state index contributed by atoms with van der Waals surface area (Å²) >= 11 is 12.7. The van der Waals surface area contributed by atoms with E-state index in [9.17, 15) is 13.2 Å². The van der Waals surface area contributed by atoms with Gasteiger partial charge in [-0.3, -0.25) is 4.79 Å². The molecule has 0 bridgehead atoms. The van der Waals surface area contributed by atoms with Crippen LogP contribution in [0, 0.1) is 0 Å². The summed E-state index contributed by atoms with van der Waals surface area (Å²) in [6.45, 7) is 1.22.